The predicted octanol–water partition coefficient (Wildman–Crippen LogP) is 4.65. The van der Waals surface area contributed by atoms with Crippen LogP contribution in [0, 0.1) is 5.92 Å². The van der Waals surface area contributed by atoms with Gasteiger partial charge in [-0.25, -0.2) is 0 Å². The molecule has 1 saturated carbocycles. The van der Waals surface area contributed by atoms with E-state index in [0.717, 1.165) is 24.3 Å². The summed E-state index contributed by atoms with van der Waals surface area (Å²) in [5, 5.41) is 3.76. The predicted molar refractivity (Wildman–Crippen MR) is 113 cm³/mol. The van der Waals surface area contributed by atoms with Crippen molar-refractivity contribution < 1.29 is 4.74 Å². The maximum Gasteiger partial charge on any atom is 0.119 e. The first-order valence-corrected chi connectivity index (χ1v) is 10.1. The molecule has 27 heavy (non-hydrogen) atoms. The van der Waals surface area contributed by atoms with Gasteiger partial charge >= 0.3 is 0 Å². The Kier molecular flexibility index (Phi) is 7.57. The lowest BCUT2D eigenvalue weighted by Gasteiger charge is -2.32. The van der Waals surface area contributed by atoms with Crippen molar-refractivity contribution in [2.45, 2.75) is 44.9 Å². The first-order chi connectivity index (χ1) is 12.8. The number of rotatable bonds is 8. The van der Waals surface area contributed by atoms with E-state index in [9.17, 15) is 0 Å². The van der Waals surface area contributed by atoms with E-state index in [4.69, 9.17) is 4.74 Å². The zero-order valence-electron chi connectivity index (χ0n) is 16.0. The van der Waals surface area contributed by atoms with E-state index in [-0.39, 0.29) is 12.4 Å². The number of hydrogen-bond acceptors (Lipinski definition) is 3. The van der Waals surface area contributed by atoms with E-state index in [1.54, 1.807) is 0 Å². The van der Waals surface area contributed by atoms with Crippen LogP contribution in [0.3, 0.4) is 0 Å². The Bertz CT molecular complexity index is 665. The molecule has 2 fully saturated rings. The van der Waals surface area contributed by atoms with Crippen molar-refractivity contribution in [3.8, 4) is 5.75 Å². The smallest absolute Gasteiger partial charge is 0.119 e. The van der Waals surface area contributed by atoms with Gasteiger partial charge in [0.25, 0.3) is 0 Å². The number of nitrogens with zero attached hydrogens (tertiary/aromatic N) is 1. The van der Waals surface area contributed by atoms with Crippen molar-refractivity contribution in [1.82, 2.24) is 10.2 Å². The molecule has 4 heteroatoms. The van der Waals surface area contributed by atoms with Gasteiger partial charge in [0.05, 0.1) is 0 Å². The van der Waals surface area contributed by atoms with Gasteiger partial charge in [-0.15, -0.1) is 12.4 Å². The van der Waals surface area contributed by atoms with Gasteiger partial charge in [0.1, 0.15) is 12.4 Å². The number of piperidine rings is 1. The van der Waals surface area contributed by atoms with Crippen LogP contribution >= 0.6 is 12.4 Å². The standard InChI is InChI=1S/C23H30N2O.ClH/c1-2-4-21(5-3-1)18-26-23-10-8-20(9-11-23)17-25-14-12-22(13-15-25)24-16-19-6-7-19;/h1-5,8-11,19,22,24H,6-7,12-18H2;1H. The monoisotopic (exact) mass is 386 g/mol. The molecule has 2 aliphatic rings. The molecule has 0 amide bonds. The van der Waals surface area contributed by atoms with Gasteiger partial charge < -0.3 is 10.1 Å². The van der Waals surface area contributed by atoms with Crippen molar-refractivity contribution in [3.63, 3.8) is 0 Å². The van der Waals surface area contributed by atoms with Crippen LogP contribution in [-0.2, 0) is 13.2 Å². The van der Waals surface area contributed by atoms with Crippen LogP contribution in [0.2, 0.25) is 0 Å². The van der Waals surface area contributed by atoms with E-state index >= 15 is 0 Å². The summed E-state index contributed by atoms with van der Waals surface area (Å²) in [4.78, 5) is 2.58. The van der Waals surface area contributed by atoms with Crippen LogP contribution in [0.15, 0.2) is 54.6 Å². The molecule has 4 rings (SSSR count). The Morgan fingerprint density at radius 2 is 1.56 bits per heavy atom. The molecule has 146 valence electrons. The minimum atomic E-state index is 0. The molecule has 2 aromatic rings. The van der Waals surface area contributed by atoms with E-state index in [1.807, 2.05) is 18.2 Å². The number of hydrogen-bond donors (Lipinski definition) is 1. The second-order valence-electron chi connectivity index (χ2n) is 7.82. The largest absolute Gasteiger partial charge is 0.489 e. The number of nitrogens with one attached hydrogen (secondary N) is 1. The molecular weight excluding hydrogens is 356 g/mol. The SMILES string of the molecule is Cl.c1ccc(COc2ccc(CN3CCC(NCC4CC4)CC3)cc2)cc1. The number of ether oxygens (including phenoxy) is 1. The Balaban J connectivity index is 0.00000210. The zero-order chi connectivity index (χ0) is 17.6. The average molecular weight is 387 g/mol. The van der Waals surface area contributed by atoms with Gasteiger partial charge in [-0.2, -0.15) is 0 Å². The number of halogens is 1. The summed E-state index contributed by atoms with van der Waals surface area (Å²) < 4.78 is 5.88. The second kappa shape index (κ2) is 10.1. The topological polar surface area (TPSA) is 24.5 Å². The highest BCUT2D eigenvalue weighted by molar-refractivity contribution is 5.85. The van der Waals surface area contributed by atoms with Crippen molar-refractivity contribution in [2.24, 2.45) is 5.92 Å². The normalized spacial score (nSPS) is 18.1. The first kappa shape index (κ1) is 20.2. The van der Waals surface area contributed by atoms with Crippen molar-refractivity contribution in [1.29, 1.82) is 0 Å². The summed E-state index contributed by atoms with van der Waals surface area (Å²) in [7, 11) is 0. The molecule has 0 atom stereocenters. The Labute approximate surface area is 169 Å². The molecule has 1 saturated heterocycles. The van der Waals surface area contributed by atoms with Gasteiger partial charge in [-0.05, 0) is 74.5 Å². The highest BCUT2D eigenvalue weighted by Gasteiger charge is 2.24. The Morgan fingerprint density at radius 3 is 2.22 bits per heavy atom. The van der Waals surface area contributed by atoms with Gasteiger partial charge in [-0.3, -0.25) is 4.90 Å². The Morgan fingerprint density at radius 1 is 0.852 bits per heavy atom. The van der Waals surface area contributed by atoms with E-state index in [1.165, 1.54) is 56.4 Å². The fourth-order valence-electron chi connectivity index (χ4n) is 3.64. The maximum absolute atomic E-state index is 5.88. The third kappa shape index (κ3) is 6.53. The third-order valence-corrected chi connectivity index (χ3v) is 5.56. The van der Waals surface area contributed by atoms with Gasteiger partial charge in [0, 0.05) is 12.6 Å². The van der Waals surface area contributed by atoms with Gasteiger partial charge in [-0.1, -0.05) is 42.5 Å². The molecule has 0 unspecified atom stereocenters. The van der Waals surface area contributed by atoms with E-state index in [0.29, 0.717) is 6.61 Å². The van der Waals surface area contributed by atoms with Crippen molar-refractivity contribution in [3.05, 3.63) is 65.7 Å². The van der Waals surface area contributed by atoms with Gasteiger partial charge in [0.2, 0.25) is 0 Å². The fourth-order valence-corrected chi connectivity index (χ4v) is 3.64. The number of benzene rings is 2. The van der Waals surface area contributed by atoms with Gasteiger partial charge in [0.15, 0.2) is 0 Å². The van der Waals surface area contributed by atoms with Crippen LogP contribution in [-0.4, -0.2) is 30.6 Å². The molecule has 1 heterocycles. The molecule has 0 aromatic heterocycles. The minimum Gasteiger partial charge on any atom is -0.489 e. The zero-order valence-corrected chi connectivity index (χ0v) is 16.8. The van der Waals surface area contributed by atoms with Crippen molar-refractivity contribution >= 4 is 12.4 Å². The van der Waals surface area contributed by atoms with E-state index in [2.05, 4.69) is 46.6 Å². The second-order valence-corrected chi connectivity index (χ2v) is 7.82. The summed E-state index contributed by atoms with van der Waals surface area (Å²) >= 11 is 0. The first-order valence-electron chi connectivity index (χ1n) is 10.1. The highest BCUT2D eigenvalue weighted by Crippen LogP contribution is 2.28. The maximum atomic E-state index is 5.88. The summed E-state index contributed by atoms with van der Waals surface area (Å²) in [6.45, 7) is 5.33. The third-order valence-electron chi connectivity index (χ3n) is 5.56. The lowest BCUT2D eigenvalue weighted by molar-refractivity contribution is 0.190. The van der Waals surface area contributed by atoms with Crippen LogP contribution in [0.5, 0.6) is 5.75 Å². The van der Waals surface area contributed by atoms with Crippen molar-refractivity contribution in [2.75, 3.05) is 19.6 Å². The molecule has 2 aromatic carbocycles. The lowest BCUT2D eigenvalue weighted by Crippen LogP contribution is -2.42. The fraction of sp³-hybridized carbons (Fsp3) is 0.478. The summed E-state index contributed by atoms with van der Waals surface area (Å²) in [6.07, 6.45) is 5.45. The molecule has 1 aliphatic heterocycles. The Hall–Kier alpha value is -1.55. The summed E-state index contributed by atoms with van der Waals surface area (Å²) in [5.41, 5.74) is 2.58. The van der Waals surface area contributed by atoms with Crippen LogP contribution < -0.4 is 10.1 Å². The molecule has 1 aliphatic carbocycles. The molecule has 3 nitrogen and oxygen atoms in total. The number of likely N-dealkylation sites (tertiary alicyclic amines) is 1. The van der Waals surface area contributed by atoms with Crippen LogP contribution in [0.1, 0.15) is 36.8 Å². The van der Waals surface area contributed by atoms with Crippen LogP contribution in [0.25, 0.3) is 0 Å². The van der Waals surface area contributed by atoms with Crippen LogP contribution in [0.4, 0.5) is 0 Å². The summed E-state index contributed by atoms with van der Waals surface area (Å²) in [6, 6.07) is 19.7. The highest BCUT2D eigenvalue weighted by atomic mass is 35.5. The quantitative estimate of drug-likeness (QED) is 0.714. The molecule has 1 N–H and O–H groups in total. The lowest BCUT2D eigenvalue weighted by atomic mass is 10.0. The minimum absolute atomic E-state index is 0. The molecule has 0 bridgehead atoms. The average Bonchev–Trinajstić information content (AvgIpc) is 3.52. The molecular formula is C23H31ClN2O. The van der Waals surface area contributed by atoms with E-state index < -0.39 is 0 Å². The summed E-state index contributed by atoms with van der Waals surface area (Å²) in [5.74, 6) is 1.93. The molecule has 0 radical (unpaired) electrons. The molecule has 0 spiro atoms.